The van der Waals surface area contributed by atoms with E-state index >= 15 is 0 Å². The molecule has 132 valence electrons. The van der Waals surface area contributed by atoms with E-state index in [0.29, 0.717) is 0 Å². The van der Waals surface area contributed by atoms with Gasteiger partial charge in [-0.2, -0.15) is 0 Å². The lowest BCUT2D eigenvalue weighted by molar-refractivity contribution is 0.0342. The summed E-state index contributed by atoms with van der Waals surface area (Å²) < 4.78 is 5.40. The van der Waals surface area contributed by atoms with Gasteiger partial charge in [0.25, 0.3) is 5.91 Å². The fourth-order valence-corrected chi connectivity index (χ4v) is 4.71. The molecule has 2 heterocycles. The van der Waals surface area contributed by atoms with Crippen LogP contribution in [0.4, 0.5) is 5.00 Å². The number of rotatable bonds is 4. The first-order valence-corrected chi connectivity index (χ1v) is 9.91. The van der Waals surface area contributed by atoms with E-state index in [1.54, 1.807) is 11.3 Å². The maximum absolute atomic E-state index is 12.6. The van der Waals surface area contributed by atoms with Crippen LogP contribution in [0.25, 0.3) is 0 Å². The van der Waals surface area contributed by atoms with Gasteiger partial charge in [0, 0.05) is 30.1 Å². The summed E-state index contributed by atoms with van der Waals surface area (Å²) in [7, 11) is 0. The maximum atomic E-state index is 12.6. The highest BCUT2D eigenvalue weighted by Crippen LogP contribution is 2.33. The Kier molecular flexibility index (Phi) is 5.15. The van der Waals surface area contributed by atoms with Crippen molar-refractivity contribution in [2.24, 2.45) is 0 Å². The number of benzene rings is 1. The SMILES string of the molecule is O=C(Nc1cc2c(s1)CCCC2)c1cccc(CN2CCOCC2)c1. The van der Waals surface area contributed by atoms with Crippen LogP contribution in [0.1, 0.15) is 39.2 Å². The van der Waals surface area contributed by atoms with Crippen molar-refractivity contribution in [1.82, 2.24) is 4.90 Å². The van der Waals surface area contributed by atoms with Gasteiger partial charge in [0.05, 0.1) is 18.2 Å². The quantitative estimate of drug-likeness (QED) is 0.908. The Bertz CT molecular complexity index is 726. The molecule has 0 saturated carbocycles. The van der Waals surface area contributed by atoms with Gasteiger partial charge in [-0.15, -0.1) is 11.3 Å². The average Bonchev–Trinajstić information content (AvgIpc) is 3.05. The van der Waals surface area contributed by atoms with Crippen LogP contribution >= 0.6 is 11.3 Å². The third kappa shape index (κ3) is 4.11. The third-order valence-corrected chi connectivity index (χ3v) is 6.08. The molecule has 1 aliphatic carbocycles. The first-order chi connectivity index (χ1) is 12.3. The van der Waals surface area contributed by atoms with E-state index in [1.165, 1.54) is 28.8 Å². The molecule has 0 radical (unpaired) electrons. The normalized spacial score (nSPS) is 17.9. The number of nitrogens with zero attached hydrogens (tertiary/aromatic N) is 1. The molecule has 0 bridgehead atoms. The van der Waals surface area contributed by atoms with E-state index < -0.39 is 0 Å². The number of thiophene rings is 1. The number of amides is 1. The number of ether oxygens (including phenoxy) is 1. The molecule has 1 amide bonds. The zero-order chi connectivity index (χ0) is 17.1. The van der Waals surface area contributed by atoms with E-state index in [2.05, 4.69) is 22.3 Å². The minimum Gasteiger partial charge on any atom is -0.379 e. The Hall–Kier alpha value is -1.69. The van der Waals surface area contributed by atoms with Crippen molar-refractivity contribution in [1.29, 1.82) is 0 Å². The number of aryl methyl sites for hydroxylation is 2. The molecule has 2 aromatic rings. The number of hydrogen-bond acceptors (Lipinski definition) is 4. The van der Waals surface area contributed by atoms with Crippen LogP contribution in [0.3, 0.4) is 0 Å². The van der Waals surface area contributed by atoms with Gasteiger partial charge in [0.15, 0.2) is 0 Å². The highest BCUT2D eigenvalue weighted by atomic mass is 32.1. The molecule has 1 saturated heterocycles. The van der Waals surface area contributed by atoms with Crippen molar-refractivity contribution in [2.45, 2.75) is 32.2 Å². The summed E-state index contributed by atoms with van der Waals surface area (Å²) in [5.74, 6) is -0.0116. The standard InChI is InChI=1S/C20H24N2O2S/c23-20(21-19-13-16-5-1-2-7-18(16)25-19)17-6-3-4-15(12-17)14-22-8-10-24-11-9-22/h3-4,6,12-13H,1-2,5,7-11,14H2,(H,21,23). The second-order valence-electron chi connectivity index (χ2n) is 6.81. The van der Waals surface area contributed by atoms with Crippen molar-refractivity contribution in [3.05, 3.63) is 51.9 Å². The summed E-state index contributed by atoms with van der Waals surface area (Å²) >= 11 is 1.74. The predicted molar refractivity (Wildman–Crippen MR) is 101 cm³/mol. The van der Waals surface area contributed by atoms with Crippen molar-refractivity contribution < 1.29 is 9.53 Å². The van der Waals surface area contributed by atoms with Crippen LogP contribution in [0.5, 0.6) is 0 Å². The fraction of sp³-hybridized carbons (Fsp3) is 0.450. The van der Waals surface area contributed by atoms with Crippen LogP contribution in [-0.4, -0.2) is 37.1 Å². The minimum atomic E-state index is -0.0116. The molecule has 4 nitrogen and oxygen atoms in total. The molecule has 0 spiro atoms. The number of nitrogens with one attached hydrogen (secondary N) is 1. The van der Waals surface area contributed by atoms with Crippen LogP contribution < -0.4 is 5.32 Å². The van der Waals surface area contributed by atoms with Gasteiger partial charge in [-0.3, -0.25) is 9.69 Å². The Morgan fingerprint density at radius 3 is 2.84 bits per heavy atom. The van der Waals surface area contributed by atoms with Crippen molar-refractivity contribution in [2.75, 3.05) is 31.6 Å². The third-order valence-electron chi connectivity index (χ3n) is 4.93. The zero-order valence-electron chi connectivity index (χ0n) is 14.4. The first-order valence-electron chi connectivity index (χ1n) is 9.10. The van der Waals surface area contributed by atoms with Gasteiger partial charge in [0.1, 0.15) is 0 Å². The summed E-state index contributed by atoms with van der Waals surface area (Å²) in [5.41, 5.74) is 3.34. The number of carbonyl (C=O) groups is 1. The number of anilines is 1. The van der Waals surface area contributed by atoms with Crippen LogP contribution in [-0.2, 0) is 24.1 Å². The Balaban J connectivity index is 1.42. The molecule has 2 aliphatic rings. The Morgan fingerprint density at radius 2 is 2.00 bits per heavy atom. The van der Waals surface area contributed by atoms with Gasteiger partial charge >= 0.3 is 0 Å². The number of carbonyl (C=O) groups excluding carboxylic acids is 1. The second-order valence-corrected chi connectivity index (χ2v) is 7.95. The molecule has 1 aliphatic heterocycles. The van der Waals surface area contributed by atoms with Crippen LogP contribution in [0.15, 0.2) is 30.3 Å². The van der Waals surface area contributed by atoms with E-state index in [9.17, 15) is 4.79 Å². The summed E-state index contributed by atoms with van der Waals surface area (Å²) in [6.07, 6.45) is 4.84. The molecular formula is C20H24N2O2S. The molecule has 25 heavy (non-hydrogen) atoms. The topological polar surface area (TPSA) is 41.6 Å². The predicted octanol–water partition coefficient (Wildman–Crippen LogP) is 3.71. The fourth-order valence-electron chi connectivity index (χ4n) is 3.56. The molecule has 1 N–H and O–H groups in total. The van der Waals surface area contributed by atoms with Gasteiger partial charge in [-0.05, 0) is 55.0 Å². The molecule has 5 heteroatoms. The lowest BCUT2D eigenvalue weighted by atomic mass is 10.00. The largest absolute Gasteiger partial charge is 0.379 e. The molecule has 1 aromatic carbocycles. The lowest BCUT2D eigenvalue weighted by Gasteiger charge is -2.26. The van der Waals surface area contributed by atoms with E-state index in [4.69, 9.17) is 4.74 Å². The smallest absolute Gasteiger partial charge is 0.256 e. The summed E-state index contributed by atoms with van der Waals surface area (Å²) in [5, 5.41) is 4.07. The lowest BCUT2D eigenvalue weighted by Crippen LogP contribution is -2.35. The molecule has 1 aromatic heterocycles. The van der Waals surface area contributed by atoms with Gasteiger partial charge in [-0.25, -0.2) is 0 Å². The zero-order valence-corrected chi connectivity index (χ0v) is 15.2. The van der Waals surface area contributed by atoms with Crippen molar-refractivity contribution in [3.63, 3.8) is 0 Å². The highest BCUT2D eigenvalue weighted by Gasteiger charge is 2.16. The number of hydrogen-bond donors (Lipinski definition) is 1. The monoisotopic (exact) mass is 356 g/mol. The Morgan fingerprint density at radius 1 is 1.16 bits per heavy atom. The van der Waals surface area contributed by atoms with E-state index in [1.807, 2.05) is 18.2 Å². The van der Waals surface area contributed by atoms with E-state index in [-0.39, 0.29) is 5.91 Å². The van der Waals surface area contributed by atoms with Gasteiger partial charge in [0.2, 0.25) is 0 Å². The van der Waals surface area contributed by atoms with Crippen LogP contribution in [0, 0.1) is 0 Å². The van der Waals surface area contributed by atoms with Gasteiger partial charge < -0.3 is 10.1 Å². The van der Waals surface area contributed by atoms with Gasteiger partial charge in [-0.1, -0.05) is 12.1 Å². The number of fused-ring (bicyclic) bond motifs is 1. The number of morpholine rings is 1. The molecule has 0 unspecified atom stereocenters. The van der Waals surface area contributed by atoms with Crippen molar-refractivity contribution in [3.8, 4) is 0 Å². The maximum Gasteiger partial charge on any atom is 0.256 e. The summed E-state index contributed by atoms with van der Waals surface area (Å²) in [6, 6.07) is 10.1. The second kappa shape index (κ2) is 7.68. The summed E-state index contributed by atoms with van der Waals surface area (Å²) in [6.45, 7) is 4.37. The summed E-state index contributed by atoms with van der Waals surface area (Å²) in [4.78, 5) is 16.4. The van der Waals surface area contributed by atoms with Crippen molar-refractivity contribution >= 4 is 22.2 Å². The average molecular weight is 356 g/mol. The molecule has 4 rings (SSSR count). The Labute approximate surface area is 152 Å². The molecular weight excluding hydrogens is 332 g/mol. The van der Waals surface area contributed by atoms with Crippen LogP contribution in [0.2, 0.25) is 0 Å². The van der Waals surface area contributed by atoms with E-state index in [0.717, 1.165) is 56.3 Å². The molecule has 1 fully saturated rings. The molecule has 0 atom stereocenters. The minimum absolute atomic E-state index is 0.0116. The first kappa shape index (κ1) is 16.8. The highest BCUT2D eigenvalue weighted by molar-refractivity contribution is 7.16.